The summed E-state index contributed by atoms with van der Waals surface area (Å²) in [6.07, 6.45) is 0. The van der Waals surface area contributed by atoms with Crippen LogP contribution in [-0.2, 0) is 0 Å². The standard InChI is InChI=1S/C19H20N4O5/c24-19(20-14-1-6-17-18(13-14)28-12-11-27-17)22-9-7-21(8-10-22)15-2-4-16(5-3-15)23(25)26/h1-6,13H,7-12H2,(H,20,24). The van der Waals surface area contributed by atoms with Gasteiger partial charge in [-0.1, -0.05) is 0 Å². The molecule has 0 aliphatic carbocycles. The van der Waals surface area contributed by atoms with Gasteiger partial charge in [0.15, 0.2) is 11.5 Å². The van der Waals surface area contributed by atoms with Crippen molar-refractivity contribution >= 4 is 23.1 Å². The number of nitro groups is 1. The summed E-state index contributed by atoms with van der Waals surface area (Å²) in [5, 5.41) is 13.7. The third kappa shape index (κ3) is 3.78. The average molecular weight is 384 g/mol. The van der Waals surface area contributed by atoms with Crippen molar-refractivity contribution in [3.63, 3.8) is 0 Å². The molecular formula is C19H20N4O5. The number of nitro benzene ring substituents is 1. The van der Waals surface area contributed by atoms with Gasteiger partial charge in [-0.3, -0.25) is 10.1 Å². The first-order valence-corrected chi connectivity index (χ1v) is 9.05. The Morgan fingerprint density at radius 1 is 0.964 bits per heavy atom. The van der Waals surface area contributed by atoms with Crippen LogP contribution in [0.4, 0.5) is 21.9 Å². The third-order valence-electron chi connectivity index (χ3n) is 4.79. The molecule has 2 aliphatic rings. The van der Waals surface area contributed by atoms with Crippen LogP contribution in [0.15, 0.2) is 42.5 Å². The summed E-state index contributed by atoms with van der Waals surface area (Å²) < 4.78 is 11.0. The van der Waals surface area contributed by atoms with Gasteiger partial charge < -0.3 is 24.6 Å². The number of non-ortho nitro benzene ring substituents is 1. The molecule has 1 fully saturated rings. The lowest BCUT2D eigenvalue weighted by Gasteiger charge is -2.36. The van der Waals surface area contributed by atoms with E-state index in [1.807, 2.05) is 0 Å². The fourth-order valence-corrected chi connectivity index (χ4v) is 3.28. The first-order valence-electron chi connectivity index (χ1n) is 9.05. The Morgan fingerprint density at radius 2 is 1.64 bits per heavy atom. The number of urea groups is 1. The zero-order chi connectivity index (χ0) is 19.5. The van der Waals surface area contributed by atoms with Gasteiger partial charge in [0.2, 0.25) is 0 Å². The average Bonchev–Trinajstić information content (AvgIpc) is 2.74. The molecule has 0 saturated carbocycles. The minimum absolute atomic E-state index is 0.0705. The number of carbonyl (C=O) groups is 1. The molecule has 2 aromatic rings. The van der Waals surface area contributed by atoms with Crippen LogP contribution in [0.3, 0.4) is 0 Å². The number of nitrogens with zero attached hydrogens (tertiary/aromatic N) is 3. The van der Waals surface area contributed by atoms with Crippen LogP contribution in [-0.4, -0.2) is 55.2 Å². The van der Waals surface area contributed by atoms with E-state index < -0.39 is 4.92 Å². The van der Waals surface area contributed by atoms with Crippen molar-refractivity contribution in [3.8, 4) is 11.5 Å². The lowest BCUT2D eigenvalue weighted by atomic mass is 10.2. The molecule has 2 aliphatic heterocycles. The maximum atomic E-state index is 12.5. The minimum Gasteiger partial charge on any atom is -0.486 e. The van der Waals surface area contributed by atoms with E-state index in [4.69, 9.17) is 9.47 Å². The minimum atomic E-state index is -0.413. The van der Waals surface area contributed by atoms with Gasteiger partial charge in [0.25, 0.3) is 5.69 Å². The highest BCUT2D eigenvalue weighted by Crippen LogP contribution is 2.32. The van der Waals surface area contributed by atoms with Gasteiger partial charge in [-0.25, -0.2) is 4.79 Å². The predicted molar refractivity (Wildman–Crippen MR) is 103 cm³/mol. The van der Waals surface area contributed by atoms with Gasteiger partial charge in [0, 0.05) is 55.8 Å². The number of ether oxygens (including phenoxy) is 2. The van der Waals surface area contributed by atoms with E-state index >= 15 is 0 Å². The molecule has 1 N–H and O–H groups in total. The van der Waals surface area contributed by atoms with Gasteiger partial charge in [0.05, 0.1) is 4.92 Å². The van der Waals surface area contributed by atoms with E-state index in [9.17, 15) is 14.9 Å². The number of rotatable bonds is 3. The Balaban J connectivity index is 1.33. The maximum Gasteiger partial charge on any atom is 0.321 e. The highest BCUT2D eigenvalue weighted by molar-refractivity contribution is 5.90. The first-order chi connectivity index (χ1) is 13.6. The fourth-order valence-electron chi connectivity index (χ4n) is 3.28. The topological polar surface area (TPSA) is 97.2 Å². The van der Waals surface area contributed by atoms with Gasteiger partial charge in [-0.05, 0) is 24.3 Å². The second-order valence-electron chi connectivity index (χ2n) is 6.54. The molecule has 9 nitrogen and oxygen atoms in total. The van der Waals surface area contributed by atoms with Crippen molar-refractivity contribution in [2.45, 2.75) is 0 Å². The number of amides is 2. The Labute approximate surface area is 161 Å². The van der Waals surface area contributed by atoms with E-state index in [1.165, 1.54) is 12.1 Å². The van der Waals surface area contributed by atoms with Crippen LogP contribution in [0.5, 0.6) is 11.5 Å². The second-order valence-corrected chi connectivity index (χ2v) is 6.54. The van der Waals surface area contributed by atoms with Crippen molar-refractivity contribution in [1.82, 2.24) is 4.90 Å². The van der Waals surface area contributed by atoms with E-state index in [-0.39, 0.29) is 11.7 Å². The Kier molecular flexibility index (Phi) is 4.88. The summed E-state index contributed by atoms with van der Waals surface area (Å²) >= 11 is 0. The number of hydrogen-bond acceptors (Lipinski definition) is 6. The number of carbonyl (C=O) groups excluding carboxylic acids is 1. The summed E-state index contributed by atoms with van der Waals surface area (Å²) in [4.78, 5) is 26.8. The smallest absolute Gasteiger partial charge is 0.321 e. The zero-order valence-corrected chi connectivity index (χ0v) is 15.2. The van der Waals surface area contributed by atoms with Gasteiger partial charge in [-0.15, -0.1) is 0 Å². The highest BCUT2D eigenvalue weighted by Gasteiger charge is 2.22. The zero-order valence-electron chi connectivity index (χ0n) is 15.2. The fraction of sp³-hybridized carbons (Fsp3) is 0.316. The van der Waals surface area contributed by atoms with E-state index in [2.05, 4.69) is 10.2 Å². The van der Waals surface area contributed by atoms with Crippen LogP contribution in [0.2, 0.25) is 0 Å². The molecule has 1 saturated heterocycles. The Bertz CT molecular complexity index is 878. The normalized spacial score (nSPS) is 15.9. The molecule has 0 atom stereocenters. The molecule has 2 aromatic carbocycles. The summed E-state index contributed by atoms with van der Waals surface area (Å²) in [7, 11) is 0. The molecular weight excluding hydrogens is 364 g/mol. The molecule has 2 heterocycles. The predicted octanol–water partition coefficient (Wildman–Crippen LogP) is 2.72. The quantitative estimate of drug-likeness (QED) is 0.646. The number of benzene rings is 2. The van der Waals surface area contributed by atoms with Gasteiger partial charge in [0.1, 0.15) is 13.2 Å². The van der Waals surface area contributed by atoms with Crippen LogP contribution in [0.1, 0.15) is 0 Å². The van der Waals surface area contributed by atoms with Crippen LogP contribution >= 0.6 is 0 Å². The maximum absolute atomic E-state index is 12.5. The largest absolute Gasteiger partial charge is 0.486 e. The second kappa shape index (κ2) is 7.63. The number of nitrogens with one attached hydrogen (secondary N) is 1. The highest BCUT2D eigenvalue weighted by atomic mass is 16.6. The lowest BCUT2D eigenvalue weighted by Crippen LogP contribution is -2.50. The number of hydrogen-bond donors (Lipinski definition) is 1. The van der Waals surface area contributed by atoms with Gasteiger partial charge >= 0.3 is 6.03 Å². The van der Waals surface area contributed by atoms with Crippen molar-refractivity contribution in [1.29, 1.82) is 0 Å². The van der Waals surface area contributed by atoms with Crippen molar-refractivity contribution in [3.05, 3.63) is 52.6 Å². The van der Waals surface area contributed by atoms with E-state index in [0.717, 1.165) is 5.69 Å². The van der Waals surface area contributed by atoms with Crippen molar-refractivity contribution < 1.29 is 19.2 Å². The monoisotopic (exact) mass is 384 g/mol. The molecule has 2 amide bonds. The Hall–Kier alpha value is -3.49. The van der Waals surface area contributed by atoms with Crippen LogP contribution in [0, 0.1) is 10.1 Å². The molecule has 0 unspecified atom stereocenters. The van der Waals surface area contributed by atoms with Crippen LogP contribution < -0.4 is 19.7 Å². The SMILES string of the molecule is O=C(Nc1ccc2c(c1)OCCO2)N1CCN(c2ccc([N+](=O)[O-])cc2)CC1. The molecule has 0 spiro atoms. The van der Waals surface area contributed by atoms with E-state index in [1.54, 1.807) is 35.2 Å². The molecule has 146 valence electrons. The van der Waals surface area contributed by atoms with Crippen molar-refractivity contribution in [2.75, 3.05) is 49.6 Å². The lowest BCUT2D eigenvalue weighted by molar-refractivity contribution is -0.384. The molecule has 0 radical (unpaired) electrons. The summed E-state index contributed by atoms with van der Waals surface area (Å²) in [6.45, 7) is 3.46. The number of piperazine rings is 1. The number of anilines is 2. The first kappa shape index (κ1) is 17.9. The molecule has 9 heteroatoms. The van der Waals surface area contributed by atoms with Gasteiger partial charge in [-0.2, -0.15) is 0 Å². The van der Waals surface area contributed by atoms with Crippen LogP contribution in [0.25, 0.3) is 0 Å². The Morgan fingerprint density at radius 3 is 2.32 bits per heavy atom. The molecule has 0 bridgehead atoms. The third-order valence-corrected chi connectivity index (χ3v) is 4.79. The number of fused-ring (bicyclic) bond motifs is 1. The molecule has 4 rings (SSSR count). The van der Waals surface area contributed by atoms with Crippen molar-refractivity contribution in [2.24, 2.45) is 0 Å². The molecule has 0 aromatic heterocycles. The summed E-state index contributed by atoms with van der Waals surface area (Å²) in [5.41, 5.74) is 1.64. The summed E-state index contributed by atoms with van der Waals surface area (Å²) in [6, 6.07) is 11.6. The molecule has 28 heavy (non-hydrogen) atoms. The summed E-state index contributed by atoms with van der Waals surface area (Å²) in [5.74, 6) is 1.31. The van der Waals surface area contributed by atoms with E-state index in [0.29, 0.717) is 56.6 Å².